The van der Waals surface area contributed by atoms with E-state index < -0.39 is 16.9 Å². The van der Waals surface area contributed by atoms with E-state index in [0.29, 0.717) is 12.6 Å². The number of nitro groups is 1. The topological polar surface area (TPSA) is 98.4 Å². The normalized spacial score (nSPS) is 21.4. The Kier molecular flexibility index (Phi) is 7.71. The van der Waals surface area contributed by atoms with Gasteiger partial charge in [-0.1, -0.05) is 0 Å². The molecule has 3 aliphatic heterocycles. The van der Waals surface area contributed by atoms with Crippen LogP contribution in [0.3, 0.4) is 0 Å². The van der Waals surface area contributed by atoms with E-state index in [4.69, 9.17) is 9.47 Å². The van der Waals surface area contributed by atoms with Crippen molar-refractivity contribution in [1.29, 1.82) is 0 Å². The third kappa shape index (κ3) is 6.74. The number of imidazole rings is 1. The lowest BCUT2D eigenvalue weighted by atomic mass is 10.0. The second-order valence-electron chi connectivity index (χ2n) is 11.4. The first-order valence-corrected chi connectivity index (χ1v) is 14.3. The molecule has 2 saturated heterocycles. The van der Waals surface area contributed by atoms with Gasteiger partial charge in [-0.3, -0.25) is 9.47 Å². The molecule has 11 nitrogen and oxygen atoms in total. The van der Waals surface area contributed by atoms with Gasteiger partial charge in [0.25, 0.3) is 0 Å². The predicted molar refractivity (Wildman–Crippen MR) is 152 cm³/mol. The maximum Gasteiger partial charge on any atom is 0.573 e. The van der Waals surface area contributed by atoms with E-state index in [2.05, 4.69) is 36.6 Å². The zero-order chi connectivity index (χ0) is 30.2. The van der Waals surface area contributed by atoms with Gasteiger partial charge in [0.05, 0.1) is 6.54 Å². The number of alkyl halides is 3. The molecule has 1 aromatic heterocycles. The third-order valence-corrected chi connectivity index (χ3v) is 8.23. The average molecular weight is 603 g/mol. The van der Waals surface area contributed by atoms with E-state index in [0.717, 1.165) is 69.2 Å². The Morgan fingerprint density at radius 1 is 0.953 bits per heavy atom. The molecule has 0 aliphatic carbocycles. The highest BCUT2D eigenvalue weighted by Crippen LogP contribution is 2.32. The van der Waals surface area contributed by atoms with Crippen molar-refractivity contribution in [2.75, 3.05) is 55.7 Å². The molecule has 0 amide bonds. The van der Waals surface area contributed by atoms with Crippen molar-refractivity contribution in [3.63, 3.8) is 0 Å². The van der Waals surface area contributed by atoms with E-state index >= 15 is 0 Å². The largest absolute Gasteiger partial charge is 0.573 e. The number of hydrogen-bond donors (Lipinski definition) is 0. The molecular formula is C29H33F3N6O5. The fraction of sp³-hybridized carbons (Fsp3) is 0.483. The minimum absolute atomic E-state index is 0.206. The summed E-state index contributed by atoms with van der Waals surface area (Å²) in [6.45, 7) is 7.97. The fourth-order valence-corrected chi connectivity index (χ4v) is 6.04. The average Bonchev–Trinajstić information content (AvgIpc) is 3.52. The Bertz CT molecular complexity index is 1390. The number of nitrogens with zero attached hydrogens (tertiary/aromatic N) is 6. The number of hydrogen-bond acceptors (Lipinski definition) is 9. The molecule has 3 aromatic rings. The van der Waals surface area contributed by atoms with Crippen LogP contribution >= 0.6 is 0 Å². The number of aromatic nitrogens is 2. The maximum atomic E-state index is 12.4. The zero-order valence-electron chi connectivity index (χ0n) is 23.7. The summed E-state index contributed by atoms with van der Waals surface area (Å²) >= 11 is 0. The van der Waals surface area contributed by atoms with Gasteiger partial charge in [-0.15, -0.1) is 13.2 Å². The highest BCUT2D eigenvalue weighted by atomic mass is 19.4. The number of anilines is 2. The van der Waals surface area contributed by atoms with Gasteiger partial charge in [-0.25, -0.2) is 0 Å². The van der Waals surface area contributed by atoms with Crippen LogP contribution in [-0.4, -0.2) is 83.3 Å². The Morgan fingerprint density at radius 3 is 2.09 bits per heavy atom. The number of rotatable bonds is 8. The van der Waals surface area contributed by atoms with Crippen molar-refractivity contribution < 1.29 is 32.3 Å². The molecule has 4 heterocycles. The molecule has 0 saturated carbocycles. The highest BCUT2D eigenvalue weighted by Gasteiger charge is 2.41. The molecule has 14 heteroatoms. The summed E-state index contributed by atoms with van der Waals surface area (Å²) in [4.78, 5) is 21.4. The number of ether oxygens (including phenoxy) is 3. The Morgan fingerprint density at radius 2 is 1.53 bits per heavy atom. The van der Waals surface area contributed by atoms with Gasteiger partial charge in [0, 0.05) is 61.7 Å². The van der Waals surface area contributed by atoms with Crippen molar-refractivity contribution in [3.8, 4) is 17.5 Å². The van der Waals surface area contributed by atoms with E-state index in [-0.39, 0.29) is 24.2 Å². The van der Waals surface area contributed by atoms with Gasteiger partial charge in [-0.2, -0.15) is 0 Å². The first-order valence-electron chi connectivity index (χ1n) is 14.3. The lowest BCUT2D eigenvalue weighted by Gasteiger charge is -2.43. The van der Waals surface area contributed by atoms with Crippen LogP contribution in [0.4, 0.5) is 30.4 Å². The van der Waals surface area contributed by atoms with Crippen LogP contribution in [0.5, 0.6) is 17.5 Å². The van der Waals surface area contributed by atoms with Crippen molar-refractivity contribution in [1.82, 2.24) is 14.5 Å². The Hall–Kier alpha value is -4.20. The van der Waals surface area contributed by atoms with E-state index in [1.165, 1.54) is 18.3 Å². The fourth-order valence-electron chi connectivity index (χ4n) is 6.04. The highest BCUT2D eigenvalue weighted by molar-refractivity contribution is 5.50. The smallest absolute Gasteiger partial charge is 0.489 e. The van der Waals surface area contributed by atoms with Crippen molar-refractivity contribution in [2.45, 2.75) is 44.3 Å². The number of piperidine rings is 1. The second kappa shape index (κ2) is 11.5. The Balaban J connectivity index is 0.933. The summed E-state index contributed by atoms with van der Waals surface area (Å²) in [6.07, 6.45) is -1.19. The van der Waals surface area contributed by atoms with Crippen LogP contribution in [-0.2, 0) is 6.54 Å². The predicted octanol–water partition coefficient (Wildman–Crippen LogP) is 4.71. The summed E-state index contributed by atoms with van der Waals surface area (Å²) in [6, 6.07) is 14.8. The standard InChI is InChI=1S/C29H33F3N6O5/c1-28(19-37-18-26(38(39)40)33-27(37)43-28)20-41-24-6-2-21(3-7-24)34-12-10-23(11-13-34)36-16-14-35(15-17-36)22-4-8-25(9-5-22)42-29(30,31)32/h2-9,18,23H,10-17,19-20H2,1H3/t28-/m1/s1. The van der Waals surface area contributed by atoms with E-state index in [1.54, 1.807) is 16.7 Å². The van der Waals surface area contributed by atoms with Crippen molar-refractivity contribution in [2.24, 2.45) is 0 Å². The second-order valence-corrected chi connectivity index (χ2v) is 11.4. The van der Waals surface area contributed by atoms with E-state index in [9.17, 15) is 23.3 Å². The van der Waals surface area contributed by atoms with Crippen LogP contribution in [0.1, 0.15) is 19.8 Å². The summed E-state index contributed by atoms with van der Waals surface area (Å²) < 4.78 is 54.7. The Labute approximate surface area is 246 Å². The molecule has 3 aliphatic rings. The molecule has 0 radical (unpaired) electrons. The molecule has 0 unspecified atom stereocenters. The molecule has 43 heavy (non-hydrogen) atoms. The van der Waals surface area contributed by atoms with Gasteiger partial charge in [0.2, 0.25) is 0 Å². The zero-order valence-corrected chi connectivity index (χ0v) is 23.7. The molecule has 1 atom stereocenters. The van der Waals surface area contributed by atoms with Crippen molar-refractivity contribution in [3.05, 3.63) is 64.8 Å². The lowest BCUT2D eigenvalue weighted by Crippen LogP contribution is -2.53. The van der Waals surface area contributed by atoms with Crippen LogP contribution in [0.25, 0.3) is 0 Å². The molecule has 2 aromatic carbocycles. The molecule has 230 valence electrons. The van der Waals surface area contributed by atoms with Gasteiger partial charge >= 0.3 is 18.2 Å². The molecule has 0 bridgehead atoms. The maximum absolute atomic E-state index is 12.4. The number of halogens is 3. The molecular weight excluding hydrogens is 569 g/mol. The lowest BCUT2D eigenvalue weighted by molar-refractivity contribution is -0.389. The van der Waals surface area contributed by atoms with Crippen LogP contribution in [0.15, 0.2) is 54.7 Å². The van der Waals surface area contributed by atoms with Gasteiger partial charge in [0.1, 0.15) is 24.3 Å². The van der Waals surface area contributed by atoms with Crippen LogP contribution < -0.4 is 24.0 Å². The van der Waals surface area contributed by atoms with Gasteiger partial charge in [-0.05, 0) is 73.2 Å². The van der Waals surface area contributed by atoms with Crippen LogP contribution in [0.2, 0.25) is 0 Å². The van der Waals surface area contributed by atoms with Crippen LogP contribution in [0, 0.1) is 10.1 Å². The third-order valence-electron chi connectivity index (χ3n) is 8.23. The first-order chi connectivity index (χ1) is 20.5. The minimum atomic E-state index is -4.69. The summed E-state index contributed by atoms with van der Waals surface area (Å²) in [5, 5.41) is 10.9. The summed E-state index contributed by atoms with van der Waals surface area (Å²) in [5.74, 6) is 0.285. The molecule has 6 rings (SSSR count). The SMILES string of the molecule is C[C@]1(COc2ccc(N3CCC(N4CCN(c5ccc(OC(F)(F)F)cc5)CC4)CC3)cc2)Cn2cc([N+](=O)[O-])nc2O1. The molecule has 0 N–H and O–H groups in total. The van der Waals surface area contributed by atoms with E-state index in [1.807, 2.05) is 19.1 Å². The number of fused-ring (bicyclic) bond motifs is 1. The monoisotopic (exact) mass is 602 g/mol. The summed E-state index contributed by atoms with van der Waals surface area (Å²) in [5.41, 5.74) is 1.38. The summed E-state index contributed by atoms with van der Waals surface area (Å²) in [7, 11) is 0. The molecule has 0 spiro atoms. The number of benzene rings is 2. The minimum Gasteiger partial charge on any atom is -0.489 e. The quantitative estimate of drug-likeness (QED) is 0.268. The van der Waals surface area contributed by atoms with Crippen molar-refractivity contribution >= 4 is 17.2 Å². The van der Waals surface area contributed by atoms with Gasteiger partial charge in [0.15, 0.2) is 5.60 Å². The van der Waals surface area contributed by atoms with Gasteiger partial charge < -0.3 is 34.1 Å². The first kappa shape index (κ1) is 28.9. The molecule has 2 fully saturated rings. The number of piperazine rings is 1.